The van der Waals surface area contributed by atoms with Gasteiger partial charge in [0, 0.05) is 24.4 Å². The molecule has 0 aliphatic carbocycles. The Bertz CT molecular complexity index is 589. The molecule has 0 atom stereocenters. The molecular weight excluding hydrogens is 265 g/mol. The molecule has 2 aromatic carbocycles. The summed E-state index contributed by atoms with van der Waals surface area (Å²) in [4.78, 5) is 0. The van der Waals surface area contributed by atoms with Crippen LogP contribution in [0.3, 0.4) is 0 Å². The van der Waals surface area contributed by atoms with Crippen LogP contribution in [0.2, 0.25) is 0 Å². The van der Waals surface area contributed by atoms with E-state index in [0.29, 0.717) is 5.56 Å². The van der Waals surface area contributed by atoms with E-state index in [1.165, 1.54) is 6.07 Å². The molecule has 0 amide bonds. The highest BCUT2D eigenvalue weighted by molar-refractivity contribution is 5.44. The Morgan fingerprint density at radius 3 is 1.95 bits per heavy atom. The summed E-state index contributed by atoms with van der Waals surface area (Å²) < 4.78 is 64.1. The molecule has 1 N–H and O–H groups in total. The van der Waals surface area contributed by atoms with E-state index >= 15 is 0 Å². The predicted molar refractivity (Wildman–Crippen MR) is 60.0 cm³/mol. The van der Waals surface area contributed by atoms with Gasteiger partial charge in [0.25, 0.3) is 0 Å². The maximum absolute atomic E-state index is 12.9. The third-order valence-corrected chi connectivity index (χ3v) is 2.46. The van der Waals surface area contributed by atoms with Crippen molar-refractivity contribution >= 4 is 5.69 Å². The van der Waals surface area contributed by atoms with Crippen molar-refractivity contribution in [2.75, 3.05) is 5.32 Å². The molecule has 0 aliphatic rings. The van der Waals surface area contributed by atoms with Gasteiger partial charge in [-0.1, -0.05) is 6.07 Å². The zero-order valence-electron chi connectivity index (χ0n) is 9.48. The number of halogens is 5. The van der Waals surface area contributed by atoms with Crippen molar-refractivity contribution in [2.24, 2.45) is 0 Å². The third kappa shape index (κ3) is 3.01. The molecule has 6 heteroatoms. The maximum atomic E-state index is 12.9. The van der Waals surface area contributed by atoms with Crippen LogP contribution in [0.15, 0.2) is 30.3 Å². The largest absolute Gasteiger partial charge is 0.381 e. The van der Waals surface area contributed by atoms with Gasteiger partial charge in [-0.05, 0) is 17.7 Å². The first-order chi connectivity index (χ1) is 8.97. The fourth-order valence-corrected chi connectivity index (χ4v) is 1.51. The first kappa shape index (κ1) is 13.3. The monoisotopic (exact) mass is 273 g/mol. The van der Waals surface area contributed by atoms with E-state index in [4.69, 9.17) is 0 Å². The van der Waals surface area contributed by atoms with Crippen molar-refractivity contribution in [1.82, 2.24) is 0 Å². The van der Waals surface area contributed by atoms with Crippen molar-refractivity contribution in [3.8, 4) is 0 Å². The molecule has 0 radical (unpaired) electrons. The average Bonchev–Trinajstić information content (AvgIpc) is 2.37. The number of benzene rings is 2. The lowest BCUT2D eigenvalue weighted by molar-refractivity contribution is 0.447. The molecule has 0 aromatic heterocycles. The standard InChI is InChI=1S/C13H8F5N/c14-9-2-1-7(3-10(9)15)6-19-8-4-11(16)13(18)12(17)5-8/h1-5,19H,6H2. The number of nitrogens with one attached hydrogen (secondary N) is 1. The van der Waals surface area contributed by atoms with Gasteiger partial charge in [0.05, 0.1) is 0 Å². The van der Waals surface area contributed by atoms with Gasteiger partial charge in [0.2, 0.25) is 0 Å². The van der Waals surface area contributed by atoms with Crippen LogP contribution in [-0.4, -0.2) is 0 Å². The Morgan fingerprint density at radius 2 is 1.37 bits per heavy atom. The maximum Gasteiger partial charge on any atom is 0.194 e. The van der Waals surface area contributed by atoms with Crippen LogP contribution >= 0.6 is 0 Å². The van der Waals surface area contributed by atoms with E-state index < -0.39 is 29.1 Å². The Kier molecular flexibility index (Phi) is 3.69. The highest BCUT2D eigenvalue weighted by Crippen LogP contribution is 2.18. The second-order valence-corrected chi connectivity index (χ2v) is 3.86. The van der Waals surface area contributed by atoms with Crippen LogP contribution in [0.4, 0.5) is 27.6 Å². The summed E-state index contributed by atoms with van der Waals surface area (Å²) in [5.41, 5.74) is 0.380. The zero-order valence-corrected chi connectivity index (χ0v) is 9.48. The molecule has 1 nitrogen and oxygen atoms in total. The zero-order chi connectivity index (χ0) is 14.0. The molecule has 0 saturated heterocycles. The van der Waals surface area contributed by atoms with Gasteiger partial charge in [-0.25, -0.2) is 22.0 Å². The predicted octanol–water partition coefficient (Wildman–Crippen LogP) is 3.99. The van der Waals surface area contributed by atoms with E-state index in [1.54, 1.807) is 0 Å². The summed E-state index contributed by atoms with van der Waals surface area (Å²) in [7, 11) is 0. The summed E-state index contributed by atoms with van der Waals surface area (Å²) in [5.74, 6) is -6.21. The van der Waals surface area contributed by atoms with Gasteiger partial charge in [0.1, 0.15) is 0 Å². The van der Waals surface area contributed by atoms with Crippen LogP contribution in [0.1, 0.15) is 5.56 Å². The van der Waals surface area contributed by atoms with Crippen LogP contribution in [0.5, 0.6) is 0 Å². The Labute approximate surface area is 105 Å². The average molecular weight is 273 g/mol. The lowest BCUT2D eigenvalue weighted by Gasteiger charge is -2.08. The minimum absolute atomic E-state index is 0.00105. The lowest BCUT2D eigenvalue weighted by atomic mass is 10.2. The quantitative estimate of drug-likeness (QED) is 0.658. The summed E-state index contributed by atoms with van der Waals surface area (Å²) in [6.45, 7) is 0.0156. The molecule has 0 unspecified atom stereocenters. The first-order valence-electron chi connectivity index (χ1n) is 5.29. The normalized spacial score (nSPS) is 10.6. The second kappa shape index (κ2) is 5.26. The molecule has 0 spiro atoms. The highest BCUT2D eigenvalue weighted by atomic mass is 19.2. The van der Waals surface area contributed by atoms with Crippen molar-refractivity contribution in [1.29, 1.82) is 0 Å². The highest BCUT2D eigenvalue weighted by Gasteiger charge is 2.10. The molecule has 100 valence electrons. The van der Waals surface area contributed by atoms with Gasteiger partial charge >= 0.3 is 0 Å². The van der Waals surface area contributed by atoms with E-state index in [-0.39, 0.29) is 12.2 Å². The Morgan fingerprint density at radius 1 is 0.737 bits per heavy atom. The van der Waals surface area contributed by atoms with E-state index in [1.807, 2.05) is 0 Å². The molecule has 0 aliphatic heterocycles. The number of anilines is 1. The van der Waals surface area contributed by atoms with Crippen LogP contribution in [0.25, 0.3) is 0 Å². The number of rotatable bonds is 3. The smallest absolute Gasteiger partial charge is 0.194 e. The van der Waals surface area contributed by atoms with Crippen LogP contribution < -0.4 is 5.32 Å². The molecule has 0 fully saturated rings. The van der Waals surface area contributed by atoms with Gasteiger partial charge in [0.15, 0.2) is 29.1 Å². The van der Waals surface area contributed by atoms with Gasteiger partial charge in [-0.15, -0.1) is 0 Å². The SMILES string of the molecule is Fc1ccc(CNc2cc(F)c(F)c(F)c2)cc1F. The van der Waals surface area contributed by atoms with Crippen LogP contribution in [0, 0.1) is 29.1 Å². The summed E-state index contributed by atoms with van der Waals surface area (Å²) in [6, 6.07) is 4.77. The number of hydrogen-bond acceptors (Lipinski definition) is 1. The summed E-state index contributed by atoms with van der Waals surface area (Å²) in [5, 5.41) is 2.58. The minimum Gasteiger partial charge on any atom is -0.381 e. The molecule has 2 aromatic rings. The van der Waals surface area contributed by atoms with Gasteiger partial charge in [-0.2, -0.15) is 0 Å². The van der Waals surface area contributed by atoms with Gasteiger partial charge < -0.3 is 5.32 Å². The Hall–Kier alpha value is -2.11. The lowest BCUT2D eigenvalue weighted by Crippen LogP contribution is -2.02. The molecule has 0 bridgehead atoms. The van der Waals surface area contributed by atoms with Crippen LogP contribution in [-0.2, 0) is 6.54 Å². The Balaban J connectivity index is 2.12. The van der Waals surface area contributed by atoms with E-state index in [9.17, 15) is 22.0 Å². The fraction of sp³-hybridized carbons (Fsp3) is 0.0769. The van der Waals surface area contributed by atoms with Crippen molar-refractivity contribution in [3.63, 3.8) is 0 Å². The second-order valence-electron chi connectivity index (χ2n) is 3.86. The van der Waals surface area contributed by atoms with Crippen molar-refractivity contribution in [2.45, 2.75) is 6.54 Å². The molecule has 19 heavy (non-hydrogen) atoms. The third-order valence-electron chi connectivity index (χ3n) is 2.46. The van der Waals surface area contributed by atoms with Gasteiger partial charge in [-0.3, -0.25) is 0 Å². The fourth-order valence-electron chi connectivity index (χ4n) is 1.51. The number of hydrogen-bond donors (Lipinski definition) is 1. The van der Waals surface area contributed by atoms with Crippen molar-refractivity contribution in [3.05, 3.63) is 65.0 Å². The summed E-state index contributed by atoms with van der Waals surface area (Å²) >= 11 is 0. The first-order valence-corrected chi connectivity index (χ1v) is 5.29. The molecule has 2 rings (SSSR count). The topological polar surface area (TPSA) is 12.0 Å². The molecule has 0 saturated carbocycles. The molecule has 0 heterocycles. The summed E-state index contributed by atoms with van der Waals surface area (Å²) in [6.07, 6.45) is 0. The van der Waals surface area contributed by atoms with E-state index in [0.717, 1.165) is 24.3 Å². The van der Waals surface area contributed by atoms with Crippen molar-refractivity contribution < 1.29 is 22.0 Å². The molecular formula is C13H8F5N. The minimum atomic E-state index is -1.56. The van der Waals surface area contributed by atoms with E-state index in [2.05, 4.69) is 5.32 Å².